The van der Waals surface area contributed by atoms with Crippen molar-refractivity contribution in [1.29, 1.82) is 0 Å². The molecule has 0 N–H and O–H groups in total. The van der Waals surface area contributed by atoms with Gasteiger partial charge in [-0.1, -0.05) is 30.3 Å². The van der Waals surface area contributed by atoms with Crippen LogP contribution < -0.4 is 0 Å². The van der Waals surface area contributed by atoms with E-state index in [1.807, 2.05) is 0 Å². The highest BCUT2D eigenvalue weighted by molar-refractivity contribution is 5.69. The Hall–Kier alpha value is -1.76. The number of aromatic nitrogens is 1. The first-order valence-electron chi connectivity index (χ1n) is 5.12. The van der Waals surface area contributed by atoms with Gasteiger partial charge in [-0.25, -0.2) is 0 Å². The van der Waals surface area contributed by atoms with Crippen LogP contribution in [-0.4, -0.2) is 4.57 Å². The molecule has 0 aliphatic carbocycles. The van der Waals surface area contributed by atoms with Crippen molar-refractivity contribution in [3.8, 4) is 0 Å². The highest BCUT2D eigenvalue weighted by Crippen LogP contribution is 2.11. The van der Waals surface area contributed by atoms with Crippen molar-refractivity contribution in [1.82, 2.24) is 4.57 Å². The van der Waals surface area contributed by atoms with Crippen molar-refractivity contribution in [2.75, 3.05) is 0 Å². The largest absolute Gasteiger partial charge is 0.351 e. The minimum Gasteiger partial charge on any atom is -0.351 e. The summed E-state index contributed by atoms with van der Waals surface area (Å²) in [5.74, 6) is 0. The SMILES string of the molecule is Cc1ccccc1/C=C\c1cccn1C. The molecule has 1 aromatic carbocycles. The topological polar surface area (TPSA) is 4.93 Å². The predicted octanol–water partition coefficient (Wildman–Crippen LogP) is 3.50. The van der Waals surface area contributed by atoms with Crippen LogP contribution >= 0.6 is 0 Å². The van der Waals surface area contributed by atoms with Gasteiger partial charge in [0.25, 0.3) is 0 Å². The predicted molar refractivity (Wildman–Crippen MR) is 65.5 cm³/mol. The van der Waals surface area contributed by atoms with Gasteiger partial charge in [0.05, 0.1) is 0 Å². The molecule has 1 heterocycles. The molecule has 0 aliphatic rings. The Balaban J connectivity index is 2.26. The summed E-state index contributed by atoms with van der Waals surface area (Å²) < 4.78 is 2.11. The van der Waals surface area contributed by atoms with Gasteiger partial charge in [0.2, 0.25) is 0 Å². The average Bonchev–Trinajstić information content (AvgIpc) is 2.63. The quantitative estimate of drug-likeness (QED) is 0.694. The third kappa shape index (κ3) is 2.18. The number of benzene rings is 1. The molecule has 0 spiro atoms. The maximum absolute atomic E-state index is 2.16. The zero-order valence-electron chi connectivity index (χ0n) is 9.14. The van der Waals surface area contributed by atoms with Crippen LogP contribution in [0.2, 0.25) is 0 Å². The molecule has 0 aliphatic heterocycles. The molecule has 0 unspecified atom stereocenters. The highest BCUT2D eigenvalue weighted by Gasteiger charge is 1.93. The third-order valence-electron chi connectivity index (χ3n) is 2.61. The second-order valence-corrected chi connectivity index (χ2v) is 3.73. The van der Waals surface area contributed by atoms with Gasteiger partial charge in [-0.3, -0.25) is 0 Å². The first-order valence-corrected chi connectivity index (χ1v) is 5.12. The van der Waals surface area contributed by atoms with E-state index in [-0.39, 0.29) is 0 Å². The van der Waals surface area contributed by atoms with Gasteiger partial charge in [-0.2, -0.15) is 0 Å². The smallest absolute Gasteiger partial charge is 0.0404 e. The molecule has 0 saturated carbocycles. The van der Waals surface area contributed by atoms with Crippen LogP contribution in [0.5, 0.6) is 0 Å². The molecular formula is C14H15N. The van der Waals surface area contributed by atoms with E-state index in [0.29, 0.717) is 0 Å². The molecule has 1 heteroatoms. The zero-order chi connectivity index (χ0) is 10.7. The molecule has 0 amide bonds. The molecule has 15 heavy (non-hydrogen) atoms. The van der Waals surface area contributed by atoms with Crippen LogP contribution in [0.3, 0.4) is 0 Å². The summed E-state index contributed by atoms with van der Waals surface area (Å²) in [6.45, 7) is 2.13. The van der Waals surface area contributed by atoms with Crippen molar-refractivity contribution in [3.63, 3.8) is 0 Å². The standard InChI is InChI=1S/C14H15N/c1-12-6-3-4-7-13(12)9-10-14-8-5-11-15(14)2/h3-11H,1-2H3/b10-9-. The fourth-order valence-electron chi connectivity index (χ4n) is 1.60. The molecule has 0 radical (unpaired) electrons. The van der Waals surface area contributed by atoms with Gasteiger partial charge in [-0.05, 0) is 36.3 Å². The number of aryl methyl sites for hydroxylation is 2. The molecule has 2 aromatic rings. The van der Waals surface area contributed by atoms with E-state index in [0.717, 1.165) is 0 Å². The first kappa shape index (κ1) is 9.78. The van der Waals surface area contributed by atoms with Crippen LogP contribution in [0, 0.1) is 6.92 Å². The van der Waals surface area contributed by atoms with Gasteiger partial charge in [0, 0.05) is 18.9 Å². The lowest BCUT2D eigenvalue weighted by Crippen LogP contribution is -1.86. The Kier molecular flexibility index (Phi) is 2.72. The van der Waals surface area contributed by atoms with Gasteiger partial charge in [0.15, 0.2) is 0 Å². The Bertz CT molecular complexity index is 478. The normalized spacial score (nSPS) is 11.1. The minimum atomic E-state index is 1.22. The minimum absolute atomic E-state index is 1.22. The van der Waals surface area contributed by atoms with Crippen molar-refractivity contribution < 1.29 is 0 Å². The molecule has 0 saturated heterocycles. The summed E-state index contributed by atoms with van der Waals surface area (Å²) in [5.41, 5.74) is 3.81. The Morgan fingerprint density at radius 2 is 1.80 bits per heavy atom. The average molecular weight is 197 g/mol. The molecular weight excluding hydrogens is 182 g/mol. The maximum Gasteiger partial charge on any atom is 0.0404 e. The van der Waals surface area contributed by atoms with E-state index < -0.39 is 0 Å². The molecule has 76 valence electrons. The van der Waals surface area contributed by atoms with Crippen LogP contribution in [0.1, 0.15) is 16.8 Å². The zero-order valence-corrected chi connectivity index (χ0v) is 9.14. The molecule has 1 aromatic heterocycles. The number of rotatable bonds is 2. The van der Waals surface area contributed by atoms with E-state index in [1.165, 1.54) is 16.8 Å². The van der Waals surface area contributed by atoms with Gasteiger partial charge in [-0.15, -0.1) is 0 Å². The van der Waals surface area contributed by atoms with E-state index in [9.17, 15) is 0 Å². The van der Waals surface area contributed by atoms with E-state index in [2.05, 4.69) is 73.3 Å². The fourth-order valence-corrected chi connectivity index (χ4v) is 1.60. The van der Waals surface area contributed by atoms with Gasteiger partial charge < -0.3 is 4.57 Å². The lowest BCUT2D eigenvalue weighted by atomic mass is 10.1. The van der Waals surface area contributed by atoms with Gasteiger partial charge in [0.1, 0.15) is 0 Å². The van der Waals surface area contributed by atoms with Crippen molar-refractivity contribution in [3.05, 3.63) is 59.4 Å². The molecule has 1 nitrogen and oxygen atoms in total. The summed E-state index contributed by atoms with van der Waals surface area (Å²) in [4.78, 5) is 0. The summed E-state index contributed by atoms with van der Waals surface area (Å²) >= 11 is 0. The first-order chi connectivity index (χ1) is 7.27. The van der Waals surface area contributed by atoms with Gasteiger partial charge >= 0.3 is 0 Å². The lowest BCUT2D eigenvalue weighted by Gasteiger charge is -1.99. The second kappa shape index (κ2) is 4.18. The Morgan fingerprint density at radius 1 is 1.00 bits per heavy atom. The summed E-state index contributed by atoms with van der Waals surface area (Å²) in [6, 6.07) is 12.6. The number of hydrogen-bond acceptors (Lipinski definition) is 0. The van der Waals surface area contributed by atoms with Crippen LogP contribution in [0.4, 0.5) is 0 Å². The molecule has 0 fully saturated rings. The summed E-state index contributed by atoms with van der Waals surface area (Å²) in [7, 11) is 2.05. The fraction of sp³-hybridized carbons (Fsp3) is 0.143. The summed E-state index contributed by atoms with van der Waals surface area (Å²) in [5, 5.41) is 0. The second-order valence-electron chi connectivity index (χ2n) is 3.73. The van der Waals surface area contributed by atoms with E-state index >= 15 is 0 Å². The lowest BCUT2D eigenvalue weighted by molar-refractivity contribution is 0.915. The highest BCUT2D eigenvalue weighted by atomic mass is 14.9. The summed E-state index contributed by atoms with van der Waals surface area (Å²) in [6.07, 6.45) is 6.35. The Labute approximate surface area is 90.7 Å². The molecule has 0 bridgehead atoms. The maximum atomic E-state index is 2.16. The Morgan fingerprint density at radius 3 is 2.47 bits per heavy atom. The number of nitrogens with zero attached hydrogens (tertiary/aromatic N) is 1. The van der Waals surface area contributed by atoms with Crippen molar-refractivity contribution >= 4 is 12.2 Å². The molecule has 0 atom stereocenters. The monoisotopic (exact) mass is 197 g/mol. The van der Waals surface area contributed by atoms with E-state index in [1.54, 1.807) is 0 Å². The van der Waals surface area contributed by atoms with Crippen molar-refractivity contribution in [2.24, 2.45) is 7.05 Å². The van der Waals surface area contributed by atoms with Crippen LogP contribution in [0.25, 0.3) is 12.2 Å². The van der Waals surface area contributed by atoms with E-state index in [4.69, 9.17) is 0 Å². The molecule has 2 rings (SSSR count). The third-order valence-corrected chi connectivity index (χ3v) is 2.61. The van der Waals surface area contributed by atoms with Crippen molar-refractivity contribution in [2.45, 2.75) is 6.92 Å². The number of hydrogen-bond donors (Lipinski definition) is 0. The van der Waals surface area contributed by atoms with Crippen LogP contribution in [-0.2, 0) is 7.05 Å². The van der Waals surface area contributed by atoms with Crippen LogP contribution in [0.15, 0.2) is 42.6 Å².